The molecule has 0 amide bonds. The summed E-state index contributed by atoms with van der Waals surface area (Å²) in [4.78, 5) is -0.397. The third-order valence-corrected chi connectivity index (χ3v) is 5.10. The SMILES string of the molecule is O=S(=O)(N[C@H](c1ccccc1)C1CC1)c1cc(F)cc(F)c1. The zero-order chi connectivity index (χ0) is 15.7. The maximum Gasteiger partial charge on any atom is 0.241 e. The van der Waals surface area contributed by atoms with Crippen molar-refractivity contribution in [3.8, 4) is 0 Å². The average molecular weight is 323 g/mol. The van der Waals surface area contributed by atoms with Crippen LogP contribution < -0.4 is 4.72 Å². The van der Waals surface area contributed by atoms with Crippen LogP contribution in [0.25, 0.3) is 0 Å². The minimum absolute atomic E-state index is 0.218. The number of sulfonamides is 1. The minimum atomic E-state index is -3.99. The summed E-state index contributed by atoms with van der Waals surface area (Å²) in [5.41, 5.74) is 0.852. The molecule has 0 radical (unpaired) electrons. The van der Waals surface area contributed by atoms with E-state index in [0.717, 1.165) is 30.5 Å². The van der Waals surface area contributed by atoms with Crippen molar-refractivity contribution in [2.45, 2.75) is 23.8 Å². The van der Waals surface area contributed by atoms with Gasteiger partial charge in [0.05, 0.1) is 4.90 Å². The van der Waals surface area contributed by atoms with Crippen LogP contribution in [0, 0.1) is 17.6 Å². The monoisotopic (exact) mass is 323 g/mol. The van der Waals surface area contributed by atoms with Crippen molar-refractivity contribution in [3.63, 3.8) is 0 Å². The lowest BCUT2D eigenvalue weighted by Gasteiger charge is -2.19. The second-order valence-electron chi connectivity index (χ2n) is 5.45. The fraction of sp³-hybridized carbons (Fsp3) is 0.250. The van der Waals surface area contributed by atoms with E-state index in [-0.39, 0.29) is 12.0 Å². The van der Waals surface area contributed by atoms with Gasteiger partial charge in [0.2, 0.25) is 10.0 Å². The Balaban J connectivity index is 1.92. The van der Waals surface area contributed by atoms with Gasteiger partial charge >= 0.3 is 0 Å². The van der Waals surface area contributed by atoms with Gasteiger partial charge in [-0.05, 0) is 36.5 Å². The van der Waals surface area contributed by atoms with Crippen LogP contribution in [-0.2, 0) is 10.0 Å². The maximum absolute atomic E-state index is 13.3. The molecule has 1 N–H and O–H groups in total. The van der Waals surface area contributed by atoms with Crippen molar-refractivity contribution in [2.24, 2.45) is 5.92 Å². The number of nitrogens with one attached hydrogen (secondary N) is 1. The number of rotatable bonds is 5. The highest BCUT2D eigenvalue weighted by Gasteiger charge is 2.35. The summed E-state index contributed by atoms with van der Waals surface area (Å²) in [6.07, 6.45) is 1.86. The van der Waals surface area contributed by atoms with E-state index in [1.807, 2.05) is 30.3 Å². The molecule has 0 heterocycles. The first kappa shape index (κ1) is 15.1. The smallest absolute Gasteiger partial charge is 0.207 e. The Morgan fingerprint density at radius 1 is 1.00 bits per heavy atom. The molecule has 2 aromatic carbocycles. The van der Waals surface area contributed by atoms with Gasteiger partial charge in [-0.1, -0.05) is 30.3 Å². The first-order valence-electron chi connectivity index (χ1n) is 6.99. The maximum atomic E-state index is 13.3. The fourth-order valence-electron chi connectivity index (χ4n) is 2.45. The van der Waals surface area contributed by atoms with Crippen molar-refractivity contribution >= 4 is 10.0 Å². The molecular formula is C16H15F2NO2S. The molecule has 3 rings (SSSR count). The molecule has 3 nitrogen and oxygen atoms in total. The van der Waals surface area contributed by atoms with Crippen LogP contribution in [0.2, 0.25) is 0 Å². The van der Waals surface area contributed by atoms with Crippen LogP contribution in [0.3, 0.4) is 0 Å². The third-order valence-electron chi connectivity index (χ3n) is 3.68. The van der Waals surface area contributed by atoms with Gasteiger partial charge in [-0.25, -0.2) is 21.9 Å². The van der Waals surface area contributed by atoms with Gasteiger partial charge in [0, 0.05) is 12.1 Å². The van der Waals surface area contributed by atoms with Gasteiger partial charge in [0.25, 0.3) is 0 Å². The Morgan fingerprint density at radius 3 is 2.14 bits per heavy atom. The molecule has 1 fully saturated rings. The van der Waals surface area contributed by atoms with Gasteiger partial charge in [-0.15, -0.1) is 0 Å². The molecule has 0 saturated heterocycles. The van der Waals surface area contributed by atoms with E-state index in [1.54, 1.807) is 0 Å². The molecule has 22 heavy (non-hydrogen) atoms. The Labute approximate surface area is 128 Å². The molecule has 0 aliphatic heterocycles. The van der Waals surface area contributed by atoms with E-state index in [0.29, 0.717) is 6.07 Å². The Morgan fingerprint density at radius 2 is 1.59 bits per heavy atom. The largest absolute Gasteiger partial charge is 0.241 e. The highest BCUT2D eigenvalue weighted by atomic mass is 32.2. The van der Waals surface area contributed by atoms with Gasteiger partial charge in [0.15, 0.2) is 0 Å². The van der Waals surface area contributed by atoms with Gasteiger partial charge in [-0.3, -0.25) is 0 Å². The van der Waals surface area contributed by atoms with Crippen LogP contribution in [-0.4, -0.2) is 8.42 Å². The molecule has 1 atom stereocenters. The summed E-state index contributed by atoms with van der Waals surface area (Å²) < 4.78 is 53.9. The lowest BCUT2D eigenvalue weighted by Crippen LogP contribution is -2.30. The molecule has 116 valence electrons. The lowest BCUT2D eigenvalue weighted by molar-refractivity contribution is 0.524. The second kappa shape index (κ2) is 5.78. The van der Waals surface area contributed by atoms with E-state index >= 15 is 0 Å². The van der Waals surface area contributed by atoms with Gasteiger partial charge in [-0.2, -0.15) is 0 Å². The zero-order valence-corrected chi connectivity index (χ0v) is 12.5. The summed E-state index contributed by atoms with van der Waals surface area (Å²) in [6, 6.07) is 11.1. The summed E-state index contributed by atoms with van der Waals surface area (Å²) in [7, 11) is -3.99. The summed E-state index contributed by atoms with van der Waals surface area (Å²) in [5, 5.41) is 0. The van der Waals surface area contributed by atoms with Crippen LogP contribution in [0.5, 0.6) is 0 Å². The molecule has 0 bridgehead atoms. The van der Waals surface area contributed by atoms with Crippen LogP contribution in [0.1, 0.15) is 24.4 Å². The van der Waals surface area contributed by atoms with Crippen molar-refractivity contribution in [3.05, 3.63) is 65.7 Å². The first-order valence-corrected chi connectivity index (χ1v) is 8.47. The normalized spacial score (nSPS) is 16.5. The lowest BCUT2D eigenvalue weighted by atomic mass is 10.0. The van der Waals surface area contributed by atoms with Crippen molar-refractivity contribution in [1.82, 2.24) is 4.72 Å². The summed E-state index contributed by atoms with van der Waals surface area (Å²) >= 11 is 0. The molecular weight excluding hydrogens is 308 g/mol. The number of hydrogen-bond acceptors (Lipinski definition) is 2. The number of hydrogen-bond donors (Lipinski definition) is 1. The highest BCUT2D eigenvalue weighted by Crippen LogP contribution is 2.41. The van der Waals surface area contributed by atoms with Gasteiger partial charge in [0.1, 0.15) is 11.6 Å². The Hall–Kier alpha value is -1.79. The van der Waals surface area contributed by atoms with E-state index in [2.05, 4.69) is 4.72 Å². The zero-order valence-electron chi connectivity index (χ0n) is 11.7. The Bertz CT molecular complexity index is 754. The molecule has 1 aliphatic carbocycles. The standard InChI is InChI=1S/C16H15F2NO2S/c17-13-8-14(18)10-15(9-13)22(20,21)19-16(12-6-7-12)11-4-2-1-3-5-11/h1-5,8-10,12,16,19H,6-7H2/t16-/m1/s1. The van der Waals surface area contributed by atoms with Crippen LogP contribution in [0.4, 0.5) is 8.78 Å². The fourth-order valence-corrected chi connectivity index (χ4v) is 3.78. The number of halogens is 2. The molecule has 0 aromatic heterocycles. The topological polar surface area (TPSA) is 46.2 Å². The number of benzene rings is 2. The van der Waals surface area contributed by atoms with E-state index in [1.165, 1.54) is 0 Å². The summed E-state index contributed by atoms with van der Waals surface area (Å²) in [6.45, 7) is 0. The van der Waals surface area contributed by atoms with E-state index in [9.17, 15) is 17.2 Å². The van der Waals surface area contributed by atoms with E-state index in [4.69, 9.17) is 0 Å². The average Bonchev–Trinajstić information content (AvgIpc) is 3.29. The van der Waals surface area contributed by atoms with Crippen molar-refractivity contribution in [2.75, 3.05) is 0 Å². The van der Waals surface area contributed by atoms with Gasteiger partial charge < -0.3 is 0 Å². The Kier molecular flexibility index (Phi) is 3.97. The highest BCUT2D eigenvalue weighted by molar-refractivity contribution is 7.89. The van der Waals surface area contributed by atoms with Crippen molar-refractivity contribution < 1.29 is 17.2 Å². The molecule has 6 heteroatoms. The van der Waals surface area contributed by atoms with Crippen molar-refractivity contribution in [1.29, 1.82) is 0 Å². The summed E-state index contributed by atoms with van der Waals surface area (Å²) in [5.74, 6) is -1.61. The molecule has 2 aromatic rings. The van der Waals surface area contributed by atoms with Crippen LogP contribution >= 0.6 is 0 Å². The van der Waals surface area contributed by atoms with Crippen LogP contribution in [0.15, 0.2) is 53.4 Å². The first-order chi connectivity index (χ1) is 10.5. The predicted molar refractivity (Wildman–Crippen MR) is 78.6 cm³/mol. The molecule has 0 spiro atoms. The quantitative estimate of drug-likeness (QED) is 0.917. The second-order valence-corrected chi connectivity index (χ2v) is 7.17. The predicted octanol–water partition coefficient (Wildman–Crippen LogP) is 3.39. The van der Waals surface area contributed by atoms with E-state index < -0.39 is 26.6 Å². The minimum Gasteiger partial charge on any atom is -0.207 e. The molecule has 1 aliphatic rings. The third kappa shape index (κ3) is 3.34. The molecule has 0 unspecified atom stereocenters. The molecule has 1 saturated carbocycles.